The molecule has 3 rings (SSSR count). The lowest BCUT2D eigenvalue weighted by atomic mass is 9.93. The van der Waals surface area contributed by atoms with Crippen LogP contribution >= 0.6 is 0 Å². The quantitative estimate of drug-likeness (QED) is 0.912. The van der Waals surface area contributed by atoms with Gasteiger partial charge >= 0.3 is 0 Å². The molecule has 0 bridgehead atoms. The van der Waals surface area contributed by atoms with Crippen molar-refractivity contribution in [3.05, 3.63) is 65.7 Å². The van der Waals surface area contributed by atoms with Crippen molar-refractivity contribution in [1.29, 1.82) is 0 Å². The Morgan fingerprint density at radius 1 is 1.13 bits per heavy atom. The summed E-state index contributed by atoms with van der Waals surface area (Å²) in [6.07, 6.45) is 3.00. The Bertz CT molecular complexity index is 614. The van der Waals surface area contributed by atoms with Crippen LogP contribution in [-0.2, 0) is 6.61 Å². The standard InChI is InChI=1S/C20H25NO2/c1-21-13-6-5-12-19(21)20(22)17-10-7-11-18(14-17)23-15-16-8-3-2-4-9-16/h2-4,7-11,14,19-20,22H,5-6,12-13,15H2,1H3/t19-,20-/m0/s1. The molecule has 3 heteroatoms. The molecule has 23 heavy (non-hydrogen) atoms. The number of likely N-dealkylation sites (tertiary alicyclic amines) is 1. The Hall–Kier alpha value is -1.84. The number of likely N-dealkylation sites (N-methyl/N-ethyl adjacent to an activating group) is 1. The zero-order valence-corrected chi connectivity index (χ0v) is 13.7. The summed E-state index contributed by atoms with van der Waals surface area (Å²) in [6.45, 7) is 1.61. The van der Waals surface area contributed by atoms with Gasteiger partial charge in [0.05, 0.1) is 6.10 Å². The summed E-state index contributed by atoms with van der Waals surface area (Å²) in [5, 5.41) is 10.7. The highest BCUT2D eigenvalue weighted by Gasteiger charge is 2.27. The van der Waals surface area contributed by atoms with Crippen LogP contribution in [0.3, 0.4) is 0 Å². The Kier molecular flexibility index (Phi) is 5.31. The van der Waals surface area contributed by atoms with Crippen molar-refractivity contribution in [1.82, 2.24) is 4.90 Å². The van der Waals surface area contributed by atoms with Crippen molar-refractivity contribution < 1.29 is 9.84 Å². The molecule has 1 aliphatic heterocycles. The molecule has 0 radical (unpaired) electrons. The van der Waals surface area contributed by atoms with E-state index < -0.39 is 6.10 Å². The van der Waals surface area contributed by atoms with Crippen molar-refractivity contribution in [2.45, 2.75) is 38.0 Å². The third-order valence-electron chi connectivity index (χ3n) is 4.64. The molecule has 2 aromatic carbocycles. The van der Waals surface area contributed by atoms with Crippen LogP contribution < -0.4 is 4.74 Å². The molecule has 0 saturated carbocycles. The van der Waals surface area contributed by atoms with Crippen LogP contribution in [-0.4, -0.2) is 29.6 Å². The molecule has 1 saturated heterocycles. The molecule has 1 N–H and O–H groups in total. The smallest absolute Gasteiger partial charge is 0.120 e. The molecule has 0 spiro atoms. The van der Waals surface area contributed by atoms with Crippen LogP contribution in [0.1, 0.15) is 36.5 Å². The highest BCUT2D eigenvalue weighted by molar-refractivity contribution is 5.31. The van der Waals surface area contributed by atoms with E-state index in [0.717, 1.165) is 29.8 Å². The molecule has 1 fully saturated rings. The molecule has 1 aliphatic rings. The van der Waals surface area contributed by atoms with Crippen molar-refractivity contribution in [2.24, 2.45) is 0 Å². The SMILES string of the molecule is CN1CCCC[C@H]1[C@@H](O)c1cccc(OCc2ccccc2)c1. The van der Waals surface area contributed by atoms with E-state index in [4.69, 9.17) is 4.74 Å². The molecule has 0 unspecified atom stereocenters. The van der Waals surface area contributed by atoms with Crippen LogP contribution in [0.2, 0.25) is 0 Å². The van der Waals surface area contributed by atoms with Gasteiger partial charge in [0.15, 0.2) is 0 Å². The Morgan fingerprint density at radius 3 is 2.74 bits per heavy atom. The van der Waals surface area contributed by atoms with E-state index in [1.54, 1.807) is 0 Å². The van der Waals surface area contributed by atoms with Crippen molar-refractivity contribution in [2.75, 3.05) is 13.6 Å². The number of hydrogen-bond donors (Lipinski definition) is 1. The zero-order valence-electron chi connectivity index (χ0n) is 13.7. The van der Waals surface area contributed by atoms with Crippen molar-refractivity contribution in [3.63, 3.8) is 0 Å². The average Bonchev–Trinajstić information content (AvgIpc) is 2.61. The highest BCUT2D eigenvalue weighted by atomic mass is 16.5. The third-order valence-corrected chi connectivity index (χ3v) is 4.64. The minimum atomic E-state index is -0.458. The summed E-state index contributed by atoms with van der Waals surface area (Å²) < 4.78 is 5.87. The average molecular weight is 311 g/mol. The lowest BCUT2D eigenvalue weighted by Crippen LogP contribution is -2.40. The molecular formula is C20H25NO2. The van der Waals surface area contributed by atoms with E-state index in [1.807, 2.05) is 42.5 Å². The van der Waals surface area contributed by atoms with E-state index in [-0.39, 0.29) is 6.04 Å². The second-order valence-corrected chi connectivity index (χ2v) is 6.34. The Morgan fingerprint density at radius 2 is 1.96 bits per heavy atom. The van der Waals surface area contributed by atoms with Gasteiger partial charge in [-0.05, 0) is 49.7 Å². The summed E-state index contributed by atoms with van der Waals surface area (Å²) in [4.78, 5) is 2.27. The molecule has 0 amide bonds. The maximum absolute atomic E-state index is 10.7. The first-order valence-electron chi connectivity index (χ1n) is 8.39. The number of aliphatic hydroxyl groups excluding tert-OH is 1. The number of benzene rings is 2. The fourth-order valence-electron chi connectivity index (χ4n) is 3.25. The number of nitrogens with zero attached hydrogens (tertiary/aromatic N) is 1. The van der Waals surface area contributed by atoms with Gasteiger partial charge in [-0.2, -0.15) is 0 Å². The van der Waals surface area contributed by atoms with E-state index in [2.05, 4.69) is 24.1 Å². The third kappa shape index (κ3) is 4.12. The summed E-state index contributed by atoms with van der Waals surface area (Å²) in [6, 6.07) is 18.2. The van der Waals surface area contributed by atoms with E-state index >= 15 is 0 Å². The second-order valence-electron chi connectivity index (χ2n) is 6.34. The van der Waals surface area contributed by atoms with Crippen molar-refractivity contribution in [3.8, 4) is 5.75 Å². The van der Waals surface area contributed by atoms with Gasteiger partial charge < -0.3 is 14.7 Å². The van der Waals surface area contributed by atoms with E-state index in [9.17, 15) is 5.11 Å². The van der Waals surface area contributed by atoms with Gasteiger partial charge in [0.2, 0.25) is 0 Å². The molecule has 2 aromatic rings. The first kappa shape index (κ1) is 16.0. The Labute approximate surface area is 138 Å². The maximum atomic E-state index is 10.7. The first-order chi connectivity index (χ1) is 11.2. The summed E-state index contributed by atoms with van der Waals surface area (Å²) in [7, 11) is 2.10. The van der Waals surface area contributed by atoms with Crippen molar-refractivity contribution >= 4 is 0 Å². The van der Waals surface area contributed by atoms with E-state index in [1.165, 1.54) is 12.8 Å². The molecule has 0 aliphatic carbocycles. The monoisotopic (exact) mass is 311 g/mol. The Balaban J connectivity index is 1.66. The first-order valence-corrected chi connectivity index (χ1v) is 8.39. The van der Waals surface area contributed by atoms with Crippen LogP contribution in [0.25, 0.3) is 0 Å². The molecule has 1 heterocycles. The minimum Gasteiger partial charge on any atom is -0.489 e. The summed E-state index contributed by atoms with van der Waals surface area (Å²) in [5.41, 5.74) is 2.08. The van der Waals surface area contributed by atoms with Gasteiger partial charge in [-0.3, -0.25) is 0 Å². The van der Waals surface area contributed by atoms with Gasteiger partial charge in [-0.1, -0.05) is 48.9 Å². The molecular weight excluding hydrogens is 286 g/mol. The molecule has 122 valence electrons. The lowest BCUT2D eigenvalue weighted by molar-refractivity contribution is 0.0401. The zero-order chi connectivity index (χ0) is 16.1. The number of piperidine rings is 1. The maximum Gasteiger partial charge on any atom is 0.120 e. The predicted molar refractivity (Wildman–Crippen MR) is 92.4 cm³/mol. The van der Waals surface area contributed by atoms with E-state index in [0.29, 0.717) is 6.61 Å². The second kappa shape index (κ2) is 7.62. The highest BCUT2D eigenvalue weighted by Crippen LogP contribution is 2.29. The van der Waals surface area contributed by atoms with Crippen LogP contribution in [0.15, 0.2) is 54.6 Å². The van der Waals surface area contributed by atoms with Gasteiger partial charge in [0.25, 0.3) is 0 Å². The summed E-state index contributed by atoms with van der Waals surface area (Å²) >= 11 is 0. The van der Waals surface area contributed by atoms with Gasteiger partial charge in [-0.25, -0.2) is 0 Å². The largest absolute Gasteiger partial charge is 0.489 e. The normalized spacial score (nSPS) is 20.2. The number of ether oxygens (including phenoxy) is 1. The number of rotatable bonds is 5. The van der Waals surface area contributed by atoms with Crippen LogP contribution in [0.4, 0.5) is 0 Å². The molecule has 3 nitrogen and oxygen atoms in total. The fourth-order valence-corrected chi connectivity index (χ4v) is 3.25. The molecule has 0 aromatic heterocycles. The number of aliphatic hydroxyl groups is 1. The van der Waals surface area contributed by atoms with Crippen LogP contribution in [0, 0.1) is 0 Å². The predicted octanol–water partition coefficient (Wildman–Crippen LogP) is 3.78. The number of hydrogen-bond acceptors (Lipinski definition) is 3. The van der Waals surface area contributed by atoms with Crippen LogP contribution in [0.5, 0.6) is 5.75 Å². The van der Waals surface area contributed by atoms with Gasteiger partial charge in [0, 0.05) is 6.04 Å². The lowest BCUT2D eigenvalue weighted by Gasteiger charge is -2.35. The minimum absolute atomic E-state index is 0.202. The fraction of sp³-hybridized carbons (Fsp3) is 0.400. The topological polar surface area (TPSA) is 32.7 Å². The van der Waals surface area contributed by atoms with Gasteiger partial charge in [-0.15, -0.1) is 0 Å². The molecule has 2 atom stereocenters. The summed E-state index contributed by atoms with van der Waals surface area (Å²) in [5.74, 6) is 0.809. The van der Waals surface area contributed by atoms with Gasteiger partial charge in [0.1, 0.15) is 12.4 Å².